The lowest BCUT2D eigenvalue weighted by atomic mass is 10.4. The third-order valence-corrected chi connectivity index (χ3v) is 4.87. The summed E-state index contributed by atoms with van der Waals surface area (Å²) >= 11 is 0. The molecule has 4 nitrogen and oxygen atoms in total. The van der Waals surface area contributed by atoms with Crippen molar-refractivity contribution in [1.29, 1.82) is 0 Å². The third kappa shape index (κ3) is 2.64. The third-order valence-electron chi connectivity index (χ3n) is 2.61. The van der Waals surface area contributed by atoms with Crippen molar-refractivity contribution in [3.8, 4) is 0 Å². The molecule has 3 aromatic rings. The highest BCUT2D eigenvalue weighted by atomic mass is 31.1. The molecule has 0 spiro atoms. The van der Waals surface area contributed by atoms with Gasteiger partial charge in [-0.3, -0.25) is 0 Å². The first kappa shape index (κ1) is 11.9. The molecule has 0 aliphatic heterocycles. The van der Waals surface area contributed by atoms with Gasteiger partial charge in [0.25, 0.3) is 0 Å². The molecule has 0 aliphatic rings. The predicted molar refractivity (Wildman–Crippen MR) is 76.3 cm³/mol. The summed E-state index contributed by atoms with van der Waals surface area (Å²) in [7, 11) is -0.748. The first-order valence-corrected chi connectivity index (χ1v) is 7.16. The van der Waals surface area contributed by atoms with E-state index in [0.717, 1.165) is 10.9 Å². The lowest BCUT2D eigenvalue weighted by Crippen LogP contribution is -2.24. The Morgan fingerprint density at radius 1 is 0.684 bits per heavy atom. The van der Waals surface area contributed by atoms with Crippen LogP contribution in [-0.4, -0.2) is 19.9 Å². The minimum absolute atomic E-state index is 0.748. The zero-order valence-electron chi connectivity index (χ0n) is 10.1. The molecular weight excluding hydrogens is 255 g/mol. The summed E-state index contributed by atoms with van der Waals surface area (Å²) < 4.78 is 0. The van der Waals surface area contributed by atoms with Crippen LogP contribution < -0.4 is 16.2 Å². The Labute approximate surface area is 112 Å². The Bertz CT molecular complexity index is 537. The molecule has 19 heavy (non-hydrogen) atoms. The molecule has 0 unspecified atom stereocenters. The van der Waals surface area contributed by atoms with Gasteiger partial charge in [-0.2, -0.15) is 0 Å². The van der Waals surface area contributed by atoms with E-state index in [1.807, 2.05) is 30.3 Å². The van der Waals surface area contributed by atoms with Crippen LogP contribution in [0.2, 0.25) is 0 Å². The topological polar surface area (TPSA) is 51.6 Å². The molecule has 2 aromatic heterocycles. The van der Waals surface area contributed by atoms with Gasteiger partial charge in [0.15, 0.2) is 0 Å². The van der Waals surface area contributed by atoms with Crippen molar-refractivity contribution < 1.29 is 0 Å². The zero-order chi connectivity index (χ0) is 12.9. The number of rotatable bonds is 3. The molecule has 5 heteroatoms. The van der Waals surface area contributed by atoms with E-state index >= 15 is 0 Å². The molecule has 1 aromatic carbocycles. The maximum Gasteiger partial charge on any atom is 0.116 e. The highest BCUT2D eigenvalue weighted by Crippen LogP contribution is 2.29. The first-order valence-electron chi connectivity index (χ1n) is 5.82. The number of benzene rings is 1. The lowest BCUT2D eigenvalue weighted by molar-refractivity contribution is 1.19. The van der Waals surface area contributed by atoms with Crippen molar-refractivity contribution in [2.45, 2.75) is 0 Å². The Morgan fingerprint density at radius 2 is 1.26 bits per heavy atom. The van der Waals surface area contributed by atoms with Crippen LogP contribution in [0.5, 0.6) is 0 Å². The van der Waals surface area contributed by atoms with Crippen molar-refractivity contribution >= 4 is 24.1 Å². The summed E-state index contributed by atoms with van der Waals surface area (Å²) in [4.78, 5) is 16.7. The van der Waals surface area contributed by atoms with Crippen molar-refractivity contribution in [3.05, 3.63) is 67.5 Å². The molecule has 0 aliphatic carbocycles. The smallest absolute Gasteiger partial charge is 0.116 e. The molecule has 92 valence electrons. The van der Waals surface area contributed by atoms with Crippen LogP contribution in [0, 0.1) is 0 Å². The largest absolute Gasteiger partial charge is 0.245 e. The van der Waals surface area contributed by atoms with Crippen molar-refractivity contribution in [2.24, 2.45) is 0 Å². The normalized spacial score (nSPS) is 10.6. The molecule has 0 fully saturated rings. The summed E-state index contributed by atoms with van der Waals surface area (Å²) in [6.45, 7) is 0. The van der Waals surface area contributed by atoms with E-state index in [4.69, 9.17) is 0 Å². The molecular formula is C14H11N4P. The fraction of sp³-hybridized carbons (Fsp3) is 0. The number of aromatic nitrogens is 4. The van der Waals surface area contributed by atoms with Crippen LogP contribution >= 0.6 is 7.92 Å². The second-order valence-electron chi connectivity index (χ2n) is 3.81. The van der Waals surface area contributed by atoms with E-state index in [9.17, 15) is 0 Å². The highest BCUT2D eigenvalue weighted by molar-refractivity contribution is 7.79. The summed E-state index contributed by atoms with van der Waals surface area (Å²) in [5.41, 5.74) is 1.99. The summed E-state index contributed by atoms with van der Waals surface area (Å²) in [5, 5.41) is 1.22. The molecule has 0 radical (unpaired) electrons. The zero-order valence-corrected chi connectivity index (χ0v) is 11.0. The Balaban J connectivity index is 2.12. The molecule has 0 N–H and O–H groups in total. The second kappa shape index (κ2) is 5.63. The maximum absolute atomic E-state index is 4.39. The second-order valence-corrected chi connectivity index (χ2v) is 5.91. The SMILES string of the molecule is c1ccc(P(c2ccncn2)c2ccncn2)cc1. The van der Waals surface area contributed by atoms with Crippen molar-refractivity contribution in [3.63, 3.8) is 0 Å². The fourth-order valence-corrected chi connectivity index (χ4v) is 3.79. The number of hydrogen-bond donors (Lipinski definition) is 0. The van der Waals surface area contributed by atoms with Gasteiger partial charge >= 0.3 is 0 Å². The summed E-state index contributed by atoms with van der Waals surface area (Å²) in [6, 6.07) is 14.2. The van der Waals surface area contributed by atoms with Gasteiger partial charge in [-0.25, -0.2) is 19.9 Å². The van der Waals surface area contributed by atoms with Crippen molar-refractivity contribution in [2.75, 3.05) is 0 Å². The van der Waals surface area contributed by atoms with Gasteiger partial charge in [0.05, 0.1) is 10.9 Å². The van der Waals surface area contributed by atoms with E-state index in [0.29, 0.717) is 0 Å². The lowest BCUT2D eigenvalue weighted by Gasteiger charge is -2.16. The van der Waals surface area contributed by atoms with Crippen LogP contribution in [-0.2, 0) is 0 Å². The minimum Gasteiger partial charge on any atom is -0.245 e. The van der Waals surface area contributed by atoms with E-state index in [2.05, 4.69) is 32.1 Å². The van der Waals surface area contributed by atoms with E-state index < -0.39 is 7.92 Å². The van der Waals surface area contributed by atoms with Gasteiger partial charge in [0, 0.05) is 20.3 Å². The van der Waals surface area contributed by atoms with Crippen molar-refractivity contribution in [1.82, 2.24) is 19.9 Å². The fourth-order valence-electron chi connectivity index (χ4n) is 1.79. The number of hydrogen-bond acceptors (Lipinski definition) is 4. The molecule has 0 saturated heterocycles. The Hall–Kier alpha value is -2.19. The molecule has 2 heterocycles. The van der Waals surface area contributed by atoms with E-state index in [1.165, 1.54) is 5.30 Å². The molecule has 0 atom stereocenters. The van der Waals surface area contributed by atoms with Gasteiger partial charge in [-0.05, 0) is 17.4 Å². The average Bonchev–Trinajstić information content (AvgIpc) is 2.51. The molecule has 0 amide bonds. The summed E-state index contributed by atoms with van der Waals surface area (Å²) in [5.74, 6) is 0. The molecule has 3 rings (SSSR count). The van der Waals surface area contributed by atoms with Crippen LogP contribution in [0.25, 0.3) is 0 Å². The van der Waals surface area contributed by atoms with Crippen LogP contribution in [0.3, 0.4) is 0 Å². The van der Waals surface area contributed by atoms with E-state index in [-0.39, 0.29) is 0 Å². The average molecular weight is 266 g/mol. The molecule has 0 saturated carbocycles. The number of nitrogens with zero attached hydrogens (tertiary/aromatic N) is 4. The predicted octanol–water partition coefficient (Wildman–Crippen LogP) is 1.02. The maximum atomic E-state index is 4.39. The van der Waals surface area contributed by atoms with Gasteiger partial charge < -0.3 is 0 Å². The Kier molecular flexibility index (Phi) is 3.52. The molecule has 0 bridgehead atoms. The first-order chi connectivity index (χ1) is 9.45. The van der Waals surface area contributed by atoms with Crippen LogP contribution in [0.1, 0.15) is 0 Å². The van der Waals surface area contributed by atoms with Crippen LogP contribution in [0.4, 0.5) is 0 Å². The van der Waals surface area contributed by atoms with E-state index in [1.54, 1.807) is 25.0 Å². The van der Waals surface area contributed by atoms with Gasteiger partial charge in [-0.1, -0.05) is 30.3 Å². The highest BCUT2D eigenvalue weighted by Gasteiger charge is 2.18. The quantitative estimate of drug-likeness (QED) is 0.664. The van der Waals surface area contributed by atoms with Gasteiger partial charge in [-0.15, -0.1) is 0 Å². The standard InChI is InChI=1S/C14H11N4P/c1-2-4-12(5-3-1)19(13-6-8-15-10-17-13)14-7-9-16-11-18-14/h1-11H. The van der Waals surface area contributed by atoms with Crippen LogP contribution in [0.15, 0.2) is 67.5 Å². The van der Waals surface area contributed by atoms with Gasteiger partial charge in [0.1, 0.15) is 12.7 Å². The summed E-state index contributed by atoms with van der Waals surface area (Å²) in [6.07, 6.45) is 6.69. The monoisotopic (exact) mass is 266 g/mol. The Morgan fingerprint density at radius 3 is 1.74 bits per heavy atom. The minimum atomic E-state index is -0.748. The van der Waals surface area contributed by atoms with Gasteiger partial charge in [0.2, 0.25) is 0 Å².